The Hall–Kier alpha value is -1.59. The zero-order chi connectivity index (χ0) is 15.1. The van der Waals surface area contributed by atoms with Gasteiger partial charge in [0.1, 0.15) is 0 Å². The van der Waals surface area contributed by atoms with Crippen molar-refractivity contribution < 1.29 is 14.7 Å². The van der Waals surface area contributed by atoms with Crippen molar-refractivity contribution >= 4 is 23.5 Å². The van der Waals surface area contributed by atoms with E-state index in [4.69, 9.17) is 22.4 Å². The van der Waals surface area contributed by atoms with Crippen LogP contribution in [-0.4, -0.2) is 29.1 Å². The van der Waals surface area contributed by atoms with Gasteiger partial charge in [0.25, 0.3) is 0 Å². The highest BCUT2D eigenvalue weighted by molar-refractivity contribution is 6.30. The maximum absolute atomic E-state index is 11.8. The lowest BCUT2D eigenvalue weighted by Crippen LogP contribution is -2.45. The summed E-state index contributed by atoms with van der Waals surface area (Å²) in [7, 11) is 0. The maximum Gasteiger partial charge on any atom is 0.303 e. The molecule has 2 atom stereocenters. The molecular formula is C14H19ClN2O3. The lowest BCUT2D eigenvalue weighted by molar-refractivity contribution is -0.137. The van der Waals surface area contributed by atoms with E-state index in [2.05, 4.69) is 5.32 Å². The fourth-order valence-electron chi connectivity index (χ4n) is 1.79. The monoisotopic (exact) mass is 298 g/mol. The summed E-state index contributed by atoms with van der Waals surface area (Å²) in [5, 5.41) is 12.0. The molecule has 0 spiro atoms. The molecule has 0 fully saturated rings. The molecule has 4 N–H and O–H groups in total. The maximum atomic E-state index is 11.8. The van der Waals surface area contributed by atoms with Gasteiger partial charge < -0.3 is 16.2 Å². The van der Waals surface area contributed by atoms with Crippen LogP contribution in [0.2, 0.25) is 5.02 Å². The Morgan fingerprint density at radius 3 is 2.50 bits per heavy atom. The molecule has 20 heavy (non-hydrogen) atoms. The van der Waals surface area contributed by atoms with Gasteiger partial charge in [-0.2, -0.15) is 0 Å². The van der Waals surface area contributed by atoms with E-state index in [9.17, 15) is 9.59 Å². The van der Waals surface area contributed by atoms with E-state index in [-0.39, 0.29) is 24.8 Å². The molecule has 1 rings (SSSR count). The van der Waals surface area contributed by atoms with Crippen molar-refractivity contribution in [3.8, 4) is 0 Å². The van der Waals surface area contributed by atoms with Gasteiger partial charge in [-0.05, 0) is 37.5 Å². The average Bonchev–Trinajstić information content (AvgIpc) is 2.38. The Bertz CT molecular complexity index is 462. The Morgan fingerprint density at radius 2 is 1.95 bits per heavy atom. The van der Waals surface area contributed by atoms with E-state index in [1.54, 1.807) is 12.1 Å². The molecule has 110 valence electrons. The number of carboxylic acid groups (broad SMARTS) is 1. The summed E-state index contributed by atoms with van der Waals surface area (Å²) in [4.78, 5) is 22.2. The predicted molar refractivity (Wildman–Crippen MR) is 77.6 cm³/mol. The summed E-state index contributed by atoms with van der Waals surface area (Å²) in [5.41, 5.74) is 6.69. The predicted octanol–water partition coefficient (Wildman–Crippen LogP) is 1.58. The number of aliphatic carboxylic acids is 1. The average molecular weight is 299 g/mol. The van der Waals surface area contributed by atoms with E-state index >= 15 is 0 Å². The third-order valence-electron chi connectivity index (χ3n) is 2.85. The van der Waals surface area contributed by atoms with Gasteiger partial charge >= 0.3 is 5.97 Å². The van der Waals surface area contributed by atoms with Crippen molar-refractivity contribution in [3.05, 3.63) is 34.9 Å². The largest absolute Gasteiger partial charge is 0.481 e. The van der Waals surface area contributed by atoms with Gasteiger partial charge in [0, 0.05) is 17.5 Å². The van der Waals surface area contributed by atoms with Crippen LogP contribution < -0.4 is 11.1 Å². The number of carbonyl (C=O) groups is 2. The molecule has 0 heterocycles. The highest BCUT2D eigenvalue weighted by Crippen LogP contribution is 2.11. The Morgan fingerprint density at radius 1 is 1.35 bits per heavy atom. The molecule has 0 saturated heterocycles. The second-order valence-electron chi connectivity index (χ2n) is 4.78. The number of carboxylic acids is 1. The Labute approximate surface area is 123 Å². The highest BCUT2D eigenvalue weighted by atomic mass is 35.5. The first-order valence-electron chi connectivity index (χ1n) is 6.40. The number of nitrogens with one attached hydrogen (secondary N) is 1. The van der Waals surface area contributed by atoms with Gasteiger partial charge in [-0.3, -0.25) is 9.59 Å². The van der Waals surface area contributed by atoms with Gasteiger partial charge in [0.05, 0.1) is 6.04 Å². The summed E-state index contributed by atoms with van der Waals surface area (Å²) < 4.78 is 0. The first-order chi connectivity index (χ1) is 9.38. The fourth-order valence-corrected chi connectivity index (χ4v) is 1.91. The third-order valence-corrected chi connectivity index (χ3v) is 3.10. The smallest absolute Gasteiger partial charge is 0.303 e. The van der Waals surface area contributed by atoms with Crippen LogP contribution in [0.5, 0.6) is 0 Å². The molecule has 0 bridgehead atoms. The van der Waals surface area contributed by atoms with Gasteiger partial charge in [-0.1, -0.05) is 23.7 Å². The zero-order valence-corrected chi connectivity index (χ0v) is 12.1. The summed E-state index contributed by atoms with van der Waals surface area (Å²) in [6, 6.07) is 6.51. The second-order valence-corrected chi connectivity index (χ2v) is 5.22. The summed E-state index contributed by atoms with van der Waals surface area (Å²) in [6.07, 6.45) is 0.684. The minimum absolute atomic E-state index is 0.0837. The molecule has 1 aromatic rings. The van der Waals surface area contributed by atoms with Crippen molar-refractivity contribution in [3.63, 3.8) is 0 Å². The highest BCUT2D eigenvalue weighted by Gasteiger charge is 2.16. The Balaban J connectivity index is 2.41. The summed E-state index contributed by atoms with van der Waals surface area (Å²) in [6.45, 7) is 1.87. The van der Waals surface area contributed by atoms with Crippen LogP contribution in [0, 0.1) is 0 Å². The number of hydrogen-bond acceptors (Lipinski definition) is 3. The number of carbonyl (C=O) groups excluding carboxylic acids is 1. The van der Waals surface area contributed by atoms with Crippen molar-refractivity contribution in [2.24, 2.45) is 5.73 Å². The van der Waals surface area contributed by atoms with Crippen LogP contribution in [-0.2, 0) is 16.0 Å². The quantitative estimate of drug-likeness (QED) is 0.712. The zero-order valence-electron chi connectivity index (χ0n) is 11.3. The molecule has 0 aliphatic carbocycles. The van der Waals surface area contributed by atoms with Gasteiger partial charge in [-0.15, -0.1) is 0 Å². The summed E-state index contributed by atoms with van der Waals surface area (Å²) >= 11 is 5.80. The lowest BCUT2D eigenvalue weighted by atomic mass is 10.1. The first kappa shape index (κ1) is 16.5. The summed E-state index contributed by atoms with van der Waals surface area (Å²) in [5.74, 6) is -1.28. The van der Waals surface area contributed by atoms with E-state index in [0.29, 0.717) is 11.4 Å². The lowest BCUT2D eigenvalue weighted by Gasteiger charge is -2.17. The number of nitrogens with two attached hydrogens (primary N) is 1. The Kier molecular flexibility index (Phi) is 6.48. The number of amides is 1. The molecule has 0 aliphatic rings. The van der Waals surface area contributed by atoms with Gasteiger partial charge in [0.2, 0.25) is 5.91 Å². The van der Waals surface area contributed by atoms with Crippen LogP contribution in [0.1, 0.15) is 25.3 Å². The molecule has 0 aromatic heterocycles. The third kappa shape index (κ3) is 6.04. The molecule has 1 aromatic carbocycles. The first-order valence-corrected chi connectivity index (χ1v) is 6.78. The molecule has 6 heteroatoms. The second kappa shape index (κ2) is 7.87. The number of benzene rings is 1. The van der Waals surface area contributed by atoms with Crippen LogP contribution >= 0.6 is 11.6 Å². The van der Waals surface area contributed by atoms with Crippen LogP contribution in [0.4, 0.5) is 0 Å². The van der Waals surface area contributed by atoms with Crippen LogP contribution in [0.3, 0.4) is 0 Å². The number of halogens is 1. The normalized spacial score (nSPS) is 13.6. The van der Waals surface area contributed by atoms with Crippen molar-refractivity contribution in [1.82, 2.24) is 5.32 Å². The molecule has 0 saturated carbocycles. The van der Waals surface area contributed by atoms with Crippen LogP contribution in [0.15, 0.2) is 24.3 Å². The fraction of sp³-hybridized carbons (Fsp3) is 0.429. The van der Waals surface area contributed by atoms with Crippen molar-refractivity contribution in [2.45, 2.75) is 38.3 Å². The topological polar surface area (TPSA) is 92.4 Å². The van der Waals surface area contributed by atoms with Crippen LogP contribution in [0.25, 0.3) is 0 Å². The number of hydrogen-bond donors (Lipinski definition) is 3. The molecular weight excluding hydrogens is 280 g/mol. The van der Waals surface area contributed by atoms with Crippen molar-refractivity contribution in [1.29, 1.82) is 0 Å². The SMILES string of the molecule is CC(Cc1ccc(Cl)cc1)NC(=O)C(N)CCC(=O)O. The minimum Gasteiger partial charge on any atom is -0.481 e. The molecule has 2 unspecified atom stereocenters. The minimum atomic E-state index is -0.956. The molecule has 5 nitrogen and oxygen atoms in total. The van der Waals surface area contributed by atoms with Crippen molar-refractivity contribution in [2.75, 3.05) is 0 Å². The standard InChI is InChI=1S/C14H19ClN2O3/c1-9(8-10-2-4-11(15)5-3-10)17-14(20)12(16)6-7-13(18)19/h2-5,9,12H,6-8,16H2,1H3,(H,17,20)(H,18,19). The van der Waals surface area contributed by atoms with E-state index in [0.717, 1.165) is 5.56 Å². The van der Waals surface area contributed by atoms with Gasteiger partial charge in [0.15, 0.2) is 0 Å². The number of rotatable bonds is 7. The molecule has 1 amide bonds. The van der Waals surface area contributed by atoms with E-state index in [1.807, 2.05) is 19.1 Å². The molecule has 0 aliphatic heterocycles. The molecule has 0 radical (unpaired) electrons. The van der Waals surface area contributed by atoms with Gasteiger partial charge in [-0.25, -0.2) is 0 Å². The van der Waals surface area contributed by atoms with E-state index < -0.39 is 12.0 Å². The van der Waals surface area contributed by atoms with E-state index in [1.165, 1.54) is 0 Å².